The van der Waals surface area contributed by atoms with Crippen LogP contribution in [0, 0.1) is 13.8 Å². The smallest absolute Gasteiger partial charge is 0.303 e. The van der Waals surface area contributed by atoms with Gasteiger partial charge >= 0.3 is 5.97 Å². The zero-order chi connectivity index (χ0) is 18.0. The summed E-state index contributed by atoms with van der Waals surface area (Å²) in [6, 6.07) is 9.75. The fraction of sp³-hybridized carbons (Fsp3) is 0.211. The number of aryl methyl sites for hydroxylation is 2. The van der Waals surface area contributed by atoms with Gasteiger partial charge in [0.1, 0.15) is 5.65 Å². The molecule has 2 heterocycles. The highest BCUT2D eigenvalue weighted by Gasteiger charge is 2.10. The van der Waals surface area contributed by atoms with E-state index in [0.717, 1.165) is 28.0 Å². The normalized spacial score (nSPS) is 10.8. The van der Waals surface area contributed by atoms with Crippen molar-refractivity contribution >= 4 is 23.2 Å². The maximum atomic E-state index is 11.9. The Hall–Kier alpha value is -3.15. The van der Waals surface area contributed by atoms with Crippen molar-refractivity contribution in [2.75, 3.05) is 5.32 Å². The third-order valence-electron chi connectivity index (χ3n) is 3.99. The van der Waals surface area contributed by atoms with Crippen molar-refractivity contribution in [3.63, 3.8) is 0 Å². The number of hydrogen-bond acceptors (Lipinski definition) is 3. The van der Waals surface area contributed by atoms with E-state index >= 15 is 0 Å². The van der Waals surface area contributed by atoms with Gasteiger partial charge in [-0.25, -0.2) is 4.98 Å². The third kappa shape index (κ3) is 3.85. The lowest BCUT2D eigenvalue weighted by atomic mass is 10.1. The molecule has 0 spiro atoms. The molecule has 128 valence electrons. The first-order valence-electron chi connectivity index (χ1n) is 8.00. The van der Waals surface area contributed by atoms with Gasteiger partial charge in [-0.05, 0) is 43.2 Å². The van der Waals surface area contributed by atoms with Crippen LogP contribution in [-0.4, -0.2) is 26.4 Å². The standard InChI is InChI=1S/C19H19N3O3/c1-12-7-8-22-11-16(20-17(22)9-12)14-4-3-13(2)15(10-14)21-18(23)5-6-19(24)25/h3-4,7-11H,5-6H2,1-2H3,(H,21,23)(H,24,25). The Bertz CT molecular complexity index is 960. The van der Waals surface area contributed by atoms with Gasteiger partial charge < -0.3 is 14.8 Å². The first-order valence-corrected chi connectivity index (χ1v) is 8.00. The van der Waals surface area contributed by atoms with E-state index in [1.807, 2.05) is 61.0 Å². The molecule has 1 amide bonds. The lowest BCUT2D eigenvalue weighted by molar-refractivity contribution is -0.138. The number of amides is 1. The van der Waals surface area contributed by atoms with Crippen LogP contribution in [0.25, 0.3) is 16.9 Å². The van der Waals surface area contributed by atoms with E-state index < -0.39 is 5.97 Å². The van der Waals surface area contributed by atoms with Crippen LogP contribution in [0.5, 0.6) is 0 Å². The number of nitrogens with zero attached hydrogens (tertiary/aromatic N) is 2. The van der Waals surface area contributed by atoms with Crippen molar-refractivity contribution in [2.24, 2.45) is 0 Å². The van der Waals surface area contributed by atoms with E-state index in [1.54, 1.807) is 0 Å². The summed E-state index contributed by atoms with van der Waals surface area (Å²) in [5.74, 6) is -1.30. The second kappa shape index (κ2) is 6.76. The van der Waals surface area contributed by atoms with Gasteiger partial charge in [-0.2, -0.15) is 0 Å². The molecular weight excluding hydrogens is 318 g/mol. The molecule has 6 heteroatoms. The maximum absolute atomic E-state index is 11.9. The molecule has 2 aromatic heterocycles. The van der Waals surface area contributed by atoms with Gasteiger partial charge in [0.05, 0.1) is 12.1 Å². The van der Waals surface area contributed by atoms with Gasteiger partial charge in [0.2, 0.25) is 5.91 Å². The third-order valence-corrected chi connectivity index (χ3v) is 3.99. The van der Waals surface area contributed by atoms with E-state index in [9.17, 15) is 9.59 Å². The molecule has 3 aromatic rings. The van der Waals surface area contributed by atoms with Crippen molar-refractivity contribution < 1.29 is 14.7 Å². The average Bonchev–Trinajstić information content (AvgIpc) is 2.98. The molecule has 6 nitrogen and oxygen atoms in total. The Labute approximate surface area is 145 Å². The average molecular weight is 337 g/mol. The zero-order valence-electron chi connectivity index (χ0n) is 14.1. The minimum absolute atomic E-state index is 0.0490. The second-order valence-electron chi connectivity index (χ2n) is 6.07. The number of carbonyl (C=O) groups excluding carboxylic acids is 1. The Morgan fingerprint density at radius 1 is 1.16 bits per heavy atom. The largest absolute Gasteiger partial charge is 0.481 e. The monoisotopic (exact) mass is 337 g/mol. The van der Waals surface area contributed by atoms with E-state index in [-0.39, 0.29) is 18.7 Å². The molecule has 0 saturated heterocycles. The molecule has 0 bridgehead atoms. The molecule has 0 atom stereocenters. The molecule has 3 rings (SSSR count). The fourth-order valence-electron chi connectivity index (χ4n) is 2.57. The summed E-state index contributed by atoms with van der Waals surface area (Å²) in [5, 5.41) is 11.5. The van der Waals surface area contributed by atoms with Gasteiger partial charge in [-0.15, -0.1) is 0 Å². The predicted molar refractivity (Wildman–Crippen MR) is 95.6 cm³/mol. The number of carboxylic acid groups (broad SMARTS) is 1. The van der Waals surface area contributed by atoms with Gasteiger partial charge in [0.15, 0.2) is 0 Å². The summed E-state index contributed by atoms with van der Waals surface area (Å²) in [6.07, 6.45) is 3.67. The lowest BCUT2D eigenvalue weighted by Crippen LogP contribution is -2.14. The Morgan fingerprint density at radius 2 is 1.96 bits per heavy atom. The van der Waals surface area contributed by atoms with Gasteiger partial charge in [-0.1, -0.05) is 12.1 Å². The summed E-state index contributed by atoms with van der Waals surface area (Å²) in [7, 11) is 0. The van der Waals surface area contributed by atoms with Crippen molar-refractivity contribution in [3.05, 3.63) is 53.9 Å². The van der Waals surface area contributed by atoms with Gasteiger partial charge in [0, 0.05) is 30.1 Å². The second-order valence-corrected chi connectivity index (χ2v) is 6.07. The Kier molecular flexibility index (Phi) is 4.52. The van der Waals surface area contributed by atoms with E-state index in [1.165, 1.54) is 0 Å². The van der Waals surface area contributed by atoms with Crippen LogP contribution >= 0.6 is 0 Å². The van der Waals surface area contributed by atoms with Crippen LogP contribution < -0.4 is 5.32 Å². The van der Waals surface area contributed by atoms with Gasteiger partial charge in [-0.3, -0.25) is 9.59 Å². The lowest BCUT2D eigenvalue weighted by Gasteiger charge is -2.09. The zero-order valence-corrected chi connectivity index (χ0v) is 14.1. The summed E-state index contributed by atoms with van der Waals surface area (Å²) >= 11 is 0. The molecule has 0 aliphatic carbocycles. The van der Waals surface area contributed by atoms with Crippen molar-refractivity contribution in [1.82, 2.24) is 9.38 Å². The summed E-state index contributed by atoms with van der Waals surface area (Å²) in [4.78, 5) is 27.1. The van der Waals surface area contributed by atoms with E-state index in [4.69, 9.17) is 5.11 Å². The van der Waals surface area contributed by atoms with E-state index in [0.29, 0.717) is 5.69 Å². The number of carbonyl (C=O) groups is 2. The molecule has 2 N–H and O–H groups in total. The predicted octanol–water partition coefficient (Wildman–Crippen LogP) is 3.42. The number of carboxylic acids is 1. The number of aliphatic carboxylic acids is 1. The molecular formula is C19H19N3O3. The van der Waals surface area contributed by atoms with E-state index in [2.05, 4.69) is 10.3 Å². The molecule has 0 unspecified atom stereocenters. The first kappa shape index (κ1) is 16.7. The fourth-order valence-corrected chi connectivity index (χ4v) is 2.57. The molecule has 0 aliphatic rings. The van der Waals surface area contributed by atoms with Crippen LogP contribution in [0.3, 0.4) is 0 Å². The Morgan fingerprint density at radius 3 is 2.72 bits per heavy atom. The minimum atomic E-state index is -0.986. The SMILES string of the molecule is Cc1ccn2cc(-c3ccc(C)c(NC(=O)CCC(=O)O)c3)nc2c1. The minimum Gasteiger partial charge on any atom is -0.481 e. The summed E-state index contributed by atoms with van der Waals surface area (Å²) in [6.45, 7) is 3.91. The number of aromatic nitrogens is 2. The first-order chi connectivity index (χ1) is 11.9. The topological polar surface area (TPSA) is 83.7 Å². The van der Waals surface area contributed by atoms with Crippen LogP contribution in [0.1, 0.15) is 24.0 Å². The quantitative estimate of drug-likeness (QED) is 0.747. The highest BCUT2D eigenvalue weighted by Crippen LogP contribution is 2.25. The highest BCUT2D eigenvalue weighted by atomic mass is 16.4. The number of benzene rings is 1. The van der Waals surface area contributed by atoms with Crippen molar-refractivity contribution in [2.45, 2.75) is 26.7 Å². The number of anilines is 1. The van der Waals surface area contributed by atoms with Crippen LogP contribution in [-0.2, 0) is 9.59 Å². The summed E-state index contributed by atoms with van der Waals surface area (Å²) in [5.41, 5.74) is 5.28. The molecule has 25 heavy (non-hydrogen) atoms. The number of imidazole rings is 1. The van der Waals surface area contributed by atoms with Crippen molar-refractivity contribution in [3.8, 4) is 11.3 Å². The number of nitrogens with one attached hydrogen (secondary N) is 1. The van der Waals surface area contributed by atoms with Crippen LogP contribution in [0.4, 0.5) is 5.69 Å². The molecule has 1 aromatic carbocycles. The number of rotatable bonds is 5. The number of fused-ring (bicyclic) bond motifs is 1. The molecule has 0 fully saturated rings. The molecule has 0 radical (unpaired) electrons. The number of hydrogen-bond donors (Lipinski definition) is 2. The maximum Gasteiger partial charge on any atom is 0.303 e. The van der Waals surface area contributed by atoms with Crippen LogP contribution in [0.15, 0.2) is 42.7 Å². The molecule has 0 aliphatic heterocycles. The van der Waals surface area contributed by atoms with Crippen molar-refractivity contribution in [1.29, 1.82) is 0 Å². The Balaban J connectivity index is 1.87. The summed E-state index contributed by atoms with van der Waals surface area (Å²) < 4.78 is 1.95. The van der Waals surface area contributed by atoms with Crippen LogP contribution in [0.2, 0.25) is 0 Å². The highest BCUT2D eigenvalue weighted by molar-refractivity contribution is 5.93. The molecule has 0 saturated carbocycles. The van der Waals surface area contributed by atoms with Gasteiger partial charge in [0.25, 0.3) is 0 Å². The number of pyridine rings is 1.